The normalized spacial score (nSPS) is 14.1. The lowest BCUT2D eigenvalue weighted by atomic mass is 10.0. The first-order valence-corrected chi connectivity index (χ1v) is 14.6. The molecule has 0 radical (unpaired) electrons. The van der Waals surface area contributed by atoms with Crippen molar-refractivity contribution in [3.8, 4) is 6.07 Å². The van der Waals surface area contributed by atoms with Gasteiger partial charge in [-0.3, -0.25) is 9.67 Å². The number of benzene rings is 3. The Bertz CT molecular complexity index is 1810. The summed E-state index contributed by atoms with van der Waals surface area (Å²) in [5.41, 5.74) is 1.95. The standard InChI is InChI=1S/C32H28ClF3N8/c33-25-16-23(15-24-29(21(17-37)18-38-31(24)25)40-32-26(35)13-22(34)14-27(32)36)39-30(20-7-2-1-3-8-20)28-19-44(42-41-28)12-6-11-43-9-4-5-10-43/h1-3,7-8,13-16,18-19,30,39H,4-6,9-12H2,(H,38,40)/t30-/m0/s1. The van der Waals surface area contributed by atoms with Gasteiger partial charge in [-0.25, -0.2) is 13.2 Å². The van der Waals surface area contributed by atoms with E-state index in [9.17, 15) is 18.4 Å². The predicted molar refractivity (Wildman–Crippen MR) is 163 cm³/mol. The Kier molecular flexibility index (Phi) is 8.63. The van der Waals surface area contributed by atoms with Crippen LogP contribution in [0.2, 0.25) is 5.02 Å². The van der Waals surface area contributed by atoms with Crippen LogP contribution in [-0.4, -0.2) is 44.5 Å². The molecule has 1 fully saturated rings. The molecule has 1 atom stereocenters. The highest BCUT2D eigenvalue weighted by Gasteiger charge is 2.21. The molecule has 1 aliphatic rings. The fourth-order valence-corrected chi connectivity index (χ4v) is 5.77. The molecule has 2 N–H and O–H groups in total. The Morgan fingerprint density at radius 3 is 2.45 bits per heavy atom. The number of hydrogen-bond donors (Lipinski definition) is 2. The van der Waals surface area contributed by atoms with E-state index in [0.717, 1.165) is 38.2 Å². The van der Waals surface area contributed by atoms with E-state index in [-0.39, 0.29) is 16.3 Å². The van der Waals surface area contributed by atoms with Gasteiger partial charge < -0.3 is 15.5 Å². The number of likely N-dealkylation sites (tertiary alicyclic amines) is 1. The summed E-state index contributed by atoms with van der Waals surface area (Å²) < 4.78 is 44.6. The van der Waals surface area contributed by atoms with Crippen LogP contribution in [0.5, 0.6) is 0 Å². The van der Waals surface area contributed by atoms with Crippen molar-refractivity contribution < 1.29 is 13.2 Å². The Morgan fingerprint density at radius 2 is 1.73 bits per heavy atom. The van der Waals surface area contributed by atoms with E-state index in [1.807, 2.05) is 47.3 Å². The number of nitrogens with zero attached hydrogens (tertiary/aromatic N) is 6. The molecule has 0 bridgehead atoms. The Balaban J connectivity index is 1.34. The fraction of sp³-hybridized carbons (Fsp3) is 0.250. The van der Waals surface area contributed by atoms with Crippen LogP contribution in [0.4, 0.5) is 30.2 Å². The number of pyridine rings is 1. The highest BCUT2D eigenvalue weighted by Crippen LogP contribution is 2.37. The zero-order valence-electron chi connectivity index (χ0n) is 23.6. The molecule has 12 heteroatoms. The predicted octanol–water partition coefficient (Wildman–Crippen LogP) is 7.20. The zero-order chi connectivity index (χ0) is 30.6. The van der Waals surface area contributed by atoms with E-state index in [1.54, 1.807) is 12.1 Å². The van der Waals surface area contributed by atoms with Crippen molar-refractivity contribution in [1.29, 1.82) is 5.26 Å². The monoisotopic (exact) mass is 616 g/mol. The first-order chi connectivity index (χ1) is 21.4. The van der Waals surface area contributed by atoms with Crippen LogP contribution in [-0.2, 0) is 6.54 Å². The van der Waals surface area contributed by atoms with Gasteiger partial charge in [-0.05, 0) is 56.6 Å². The van der Waals surface area contributed by atoms with Crippen molar-refractivity contribution in [3.63, 3.8) is 0 Å². The van der Waals surface area contributed by atoms with Gasteiger partial charge in [0.15, 0.2) is 11.6 Å². The summed E-state index contributed by atoms with van der Waals surface area (Å²) in [6.07, 6.45) is 6.65. The summed E-state index contributed by atoms with van der Waals surface area (Å²) in [5.74, 6) is -3.36. The van der Waals surface area contributed by atoms with Gasteiger partial charge in [-0.2, -0.15) is 5.26 Å². The maximum Gasteiger partial charge on any atom is 0.152 e. The maximum absolute atomic E-state index is 14.6. The van der Waals surface area contributed by atoms with Gasteiger partial charge in [-0.15, -0.1) is 5.10 Å². The van der Waals surface area contributed by atoms with E-state index in [1.165, 1.54) is 19.0 Å². The topological polar surface area (TPSA) is 94.7 Å². The van der Waals surface area contributed by atoms with Crippen LogP contribution < -0.4 is 10.6 Å². The molecule has 0 spiro atoms. The van der Waals surface area contributed by atoms with Gasteiger partial charge in [0.2, 0.25) is 0 Å². The van der Waals surface area contributed by atoms with Crippen LogP contribution in [0, 0.1) is 28.8 Å². The van der Waals surface area contributed by atoms with Crippen LogP contribution in [0.1, 0.15) is 42.1 Å². The third-order valence-corrected chi connectivity index (χ3v) is 7.95. The molecule has 0 amide bonds. The number of aryl methyl sites for hydroxylation is 1. The molecule has 0 aliphatic carbocycles. The van der Waals surface area contributed by atoms with Gasteiger partial charge >= 0.3 is 0 Å². The first-order valence-electron chi connectivity index (χ1n) is 14.3. The summed E-state index contributed by atoms with van der Waals surface area (Å²) in [6, 6.07) is 15.8. The lowest BCUT2D eigenvalue weighted by molar-refractivity contribution is 0.321. The molecule has 44 heavy (non-hydrogen) atoms. The quantitative estimate of drug-likeness (QED) is 0.171. The minimum absolute atomic E-state index is 0.0188. The SMILES string of the molecule is N#Cc1cnc2c(Cl)cc(N[C@@H](c3ccccc3)c3cn(CCCN4CCCC4)nn3)cc2c1Nc1c(F)cc(F)cc1F. The molecule has 0 saturated carbocycles. The van der Waals surface area contributed by atoms with Crippen molar-refractivity contribution in [3.05, 3.63) is 106 Å². The van der Waals surface area contributed by atoms with Gasteiger partial charge in [0.1, 0.15) is 23.3 Å². The van der Waals surface area contributed by atoms with E-state index in [2.05, 4.69) is 30.8 Å². The van der Waals surface area contributed by atoms with Crippen LogP contribution in [0.25, 0.3) is 10.9 Å². The molecule has 1 saturated heterocycles. The molecule has 6 rings (SSSR count). The average molecular weight is 617 g/mol. The van der Waals surface area contributed by atoms with E-state index in [0.29, 0.717) is 34.4 Å². The summed E-state index contributed by atoms with van der Waals surface area (Å²) in [6.45, 7) is 4.05. The molecule has 3 heterocycles. The molecule has 0 unspecified atom stereocenters. The summed E-state index contributed by atoms with van der Waals surface area (Å²) >= 11 is 6.66. The number of nitrogens with one attached hydrogen (secondary N) is 2. The Morgan fingerprint density at radius 1 is 0.977 bits per heavy atom. The first kappa shape index (κ1) is 29.4. The Hall–Kier alpha value is -4.66. The molecule has 2 aromatic heterocycles. The van der Waals surface area contributed by atoms with E-state index >= 15 is 0 Å². The summed E-state index contributed by atoms with van der Waals surface area (Å²) in [4.78, 5) is 6.77. The van der Waals surface area contributed by atoms with Crippen molar-refractivity contribution in [2.24, 2.45) is 0 Å². The van der Waals surface area contributed by atoms with E-state index < -0.39 is 29.2 Å². The third kappa shape index (κ3) is 6.32. The number of hydrogen-bond acceptors (Lipinski definition) is 7. The van der Waals surface area contributed by atoms with Crippen molar-refractivity contribution in [2.45, 2.75) is 31.8 Å². The number of anilines is 3. The molecular formula is C32H28ClF3N8. The smallest absolute Gasteiger partial charge is 0.152 e. The highest BCUT2D eigenvalue weighted by molar-refractivity contribution is 6.36. The van der Waals surface area contributed by atoms with Crippen molar-refractivity contribution in [1.82, 2.24) is 24.9 Å². The highest BCUT2D eigenvalue weighted by atomic mass is 35.5. The number of fused-ring (bicyclic) bond motifs is 1. The lowest BCUT2D eigenvalue weighted by Gasteiger charge is -2.20. The molecule has 1 aliphatic heterocycles. The minimum Gasteiger partial charge on any atom is -0.373 e. The zero-order valence-corrected chi connectivity index (χ0v) is 24.3. The van der Waals surface area contributed by atoms with E-state index in [4.69, 9.17) is 11.6 Å². The maximum atomic E-state index is 14.6. The average Bonchev–Trinajstić information content (AvgIpc) is 3.71. The van der Waals surface area contributed by atoms with Crippen molar-refractivity contribution in [2.75, 3.05) is 30.3 Å². The minimum atomic E-state index is -1.15. The van der Waals surface area contributed by atoms with Gasteiger partial charge in [0.05, 0.1) is 34.0 Å². The largest absolute Gasteiger partial charge is 0.373 e. The third-order valence-electron chi connectivity index (χ3n) is 7.66. The number of rotatable bonds is 10. The second-order valence-corrected chi connectivity index (χ2v) is 11.1. The van der Waals surface area contributed by atoms with Gasteiger partial charge in [-0.1, -0.05) is 47.1 Å². The molecule has 8 nitrogen and oxygen atoms in total. The van der Waals surface area contributed by atoms with Crippen LogP contribution in [0.3, 0.4) is 0 Å². The second kappa shape index (κ2) is 12.9. The number of nitriles is 1. The second-order valence-electron chi connectivity index (χ2n) is 10.7. The molecule has 224 valence electrons. The molecule has 5 aromatic rings. The molecule has 3 aromatic carbocycles. The number of aromatic nitrogens is 4. The van der Waals surface area contributed by atoms with Gasteiger partial charge in [0.25, 0.3) is 0 Å². The fourth-order valence-electron chi connectivity index (χ4n) is 5.51. The summed E-state index contributed by atoms with van der Waals surface area (Å²) in [5, 5.41) is 25.3. The Labute approximate surface area is 257 Å². The molecular weight excluding hydrogens is 589 g/mol. The van der Waals surface area contributed by atoms with Crippen molar-refractivity contribution >= 4 is 39.6 Å². The van der Waals surface area contributed by atoms with Gasteiger partial charge in [0, 0.05) is 35.9 Å². The van der Waals surface area contributed by atoms with Crippen LogP contribution >= 0.6 is 11.6 Å². The van der Waals surface area contributed by atoms with Crippen LogP contribution in [0.15, 0.2) is 67.0 Å². The number of halogens is 4. The lowest BCUT2D eigenvalue weighted by Crippen LogP contribution is -2.21. The summed E-state index contributed by atoms with van der Waals surface area (Å²) in [7, 11) is 0.